The minimum atomic E-state index is -4.92. The van der Waals surface area contributed by atoms with Crippen molar-refractivity contribution in [3.05, 3.63) is 76.1 Å². The largest absolute Gasteiger partial charge is 0.481 e. The molecule has 0 spiro atoms. The monoisotopic (exact) mass is 575 g/mol. The van der Waals surface area contributed by atoms with Crippen molar-refractivity contribution in [3.8, 4) is 11.5 Å². The Balaban J connectivity index is 1.29. The van der Waals surface area contributed by atoms with Crippen LogP contribution < -0.4 is 0 Å². The van der Waals surface area contributed by atoms with Gasteiger partial charge in [-0.25, -0.2) is 4.98 Å². The number of alkyl halides is 3. The summed E-state index contributed by atoms with van der Waals surface area (Å²) in [5, 5.41) is 9.11. The molecule has 1 saturated carbocycles. The van der Waals surface area contributed by atoms with Gasteiger partial charge in [0.05, 0.1) is 10.6 Å². The van der Waals surface area contributed by atoms with E-state index in [1.54, 1.807) is 12.1 Å². The number of oxazole rings is 1. The molecular weight excluding hydrogens is 547 g/mol. The zero-order chi connectivity index (χ0) is 28.9. The highest BCUT2D eigenvalue weighted by Gasteiger charge is 2.41. The molecule has 1 aromatic heterocycles. The maximum absolute atomic E-state index is 13.5. The first-order valence-electron chi connectivity index (χ1n) is 13.2. The molecule has 1 heterocycles. The van der Waals surface area contributed by atoms with E-state index in [-0.39, 0.29) is 54.4 Å². The Hall–Kier alpha value is -3.46. The van der Waals surface area contributed by atoms with E-state index in [4.69, 9.17) is 21.1 Å². The molecule has 40 heavy (non-hydrogen) atoms. The minimum absolute atomic E-state index is 0.0393. The number of nitrogens with zero attached hydrogens (tertiary/aromatic N) is 1. The Morgan fingerprint density at radius 3 is 2.27 bits per heavy atom. The van der Waals surface area contributed by atoms with Crippen LogP contribution in [-0.4, -0.2) is 27.6 Å². The molecule has 1 aliphatic carbocycles. The molecule has 3 aromatic rings. The summed E-state index contributed by atoms with van der Waals surface area (Å²) in [5.74, 6) is -3.01. The molecule has 0 bridgehead atoms. The van der Waals surface area contributed by atoms with Crippen molar-refractivity contribution in [3.63, 3.8) is 0 Å². The number of rotatable bonds is 11. The quantitative estimate of drug-likeness (QED) is 0.233. The predicted molar refractivity (Wildman–Crippen MR) is 142 cm³/mol. The van der Waals surface area contributed by atoms with Crippen LogP contribution in [0.2, 0.25) is 5.02 Å². The lowest BCUT2D eigenvalue weighted by Gasteiger charge is -2.28. The molecule has 2 aromatic carbocycles. The molecule has 10 heteroatoms. The van der Waals surface area contributed by atoms with E-state index in [0.717, 1.165) is 31.2 Å². The Kier molecular flexibility index (Phi) is 9.45. The molecule has 4 rings (SSSR count). The Labute approximate surface area is 234 Å². The van der Waals surface area contributed by atoms with Crippen molar-refractivity contribution >= 4 is 29.1 Å². The third-order valence-corrected chi connectivity index (χ3v) is 7.60. The first-order chi connectivity index (χ1) is 19.0. The highest BCUT2D eigenvalue weighted by Crippen LogP contribution is 2.38. The third-order valence-electron chi connectivity index (χ3n) is 7.27. The molecule has 0 unspecified atom stereocenters. The number of carboxylic acids is 1. The molecule has 0 atom stereocenters. The number of benzene rings is 2. The van der Waals surface area contributed by atoms with Crippen LogP contribution in [0.1, 0.15) is 84.7 Å². The van der Waals surface area contributed by atoms with Crippen molar-refractivity contribution in [1.82, 2.24) is 4.98 Å². The number of halogens is 4. The highest BCUT2D eigenvalue weighted by atomic mass is 35.5. The Morgan fingerprint density at radius 1 is 0.975 bits per heavy atom. The summed E-state index contributed by atoms with van der Waals surface area (Å²) in [5.41, 5.74) is 1.31. The van der Waals surface area contributed by atoms with Gasteiger partial charge in [-0.05, 0) is 67.2 Å². The van der Waals surface area contributed by atoms with Crippen molar-refractivity contribution in [2.24, 2.45) is 5.92 Å². The van der Waals surface area contributed by atoms with Crippen molar-refractivity contribution < 1.29 is 37.1 Å². The number of hydrogen-bond donors (Lipinski definition) is 1. The lowest BCUT2D eigenvalue weighted by atomic mass is 9.77. The number of aromatic nitrogens is 1. The SMILES string of the molecule is O=C(O)CC1CCC(c2ccc(CC(=O)CCCC(=O)c3nc(-c4ccccc4Cl)oc3C(F)(F)F)cc2)CC1. The van der Waals surface area contributed by atoms with Crippen LogP contribution >= 0.6 is 11.6 Å². The molecular formula is C30H29ClF3NO5. The summed E-state index contributed by atoms with van der Waals surface area (Å²) in [6.07, 6.45) is -1.06. The van der Waals surface area contributed by atoms with E-state index in [0.29, 0.717) is 5.92 Å². The molecule has 0 radical (unpaired) electrons. The van der Waals surface area contributed by atoms with Gasteiger partial charge in [-0.15, -0.1) is 0 Å². The second-order valence-corrected chi connectivity index (χ2v) is 10.6. The van der Waals surface area contributed by atoms with Crippen molar-refractivity contribution in [2.45, 2.75) is 69.9 Å². The van der Waals surface area contributed by atoms with Gasteiger partial charge < -0.3 is 9.52 Å². The van der Waals surface area contributed by atoms with Gasteiger partial charge in [0.25, 0.3) is 0 Å². The van der Waals surface area contributed by atoms with Gasteiger partial charge in [-0.1, -0.05) is 48.0 Å². The van der Waals surface area contributed by atoms with E-state index in [1.165, 1.54) is 17.7 Å². The number of Topliss-reactive ketones (excluding diaryl/α,β-unsaturated/α-hetero) is 2. The average molecular weight is 576 g/mol. The van der Waals surface area contributed by atoms with Crippen LogP contribution in [0.4, 0.5) is 13.2 Å². The van der Waals surface area contributed by atoms with Crippen molar-refractivity contribution in [1.29, 1.82) is 0 Å². The molecule has 6 nitrogen and oxygen atoms in total. The second-order valence-electron chi connectivity index (χ2n) is 10.2. The smallest absolute Gasteiger partial charge is 0.452 e. The average Bonchev–Trinajstić information content (AvgIpc) is 3.36. The number of hydrogen-bond acceptors (Lipinski definition) is 5. The summed E-state index contributed by atoms with van der Waals surface area (Å²) in [6.45, 7) is 0. The molecule has 212 valence electrons. The van der Waals surface area contributed by atoms with Crippen LogP contribution in [-0.2, 0) is 22.2 Å². The van der Waals surface area contributed by atoms with Gasteiger partial charge in [-0.2, -0.15) is 13.2 Å². The fourth-order valence-electron chi connectivity index (χ4n) is 5.19. The maximum Gasteiger partial charge on any atom is 0.452 e. The number of carboxylic acid groups (broad SMARTS) is 1. The zero-order valence-electron chi connectivity index (χ0n) is 21.7. The van der Waals surface area contributed by atoms with E-state index < -0.39 is 35.3 Å². The minimum Gasteiger partial charge on any atom is -0.481 e. The van der Waals surface area contributed by atoms with Crippen LogP contribution in [0.5, 0.6) is 0 Å². The zero-order valence-corrected chi connectivity index (χ0v) is 22.4. The lowest BCUT2D eigenvalue weighted by Crippen LogP contribution is -2.16. The maximum atomic E-state index is 13.5. The van der Waals surface area contributed by atoms with Gasteiger partial charge >= 0.3 is 12.1 Å². The number of aliphatic carboxylic acids is 1. The van der Waals surface area contributed by atoms with Gasteiger partial charge in [0.1, 0.15) is 5.78 Å². The number of carbonyl (C=O) groups is 3. The number of carbonyl (C=O) groups excluding carboxylic acids is 2. The van der Waals surface area contributed by atoms with E-state index in [9.17, 15) is 27.6 Å². The molecule has 1 fully saturated rings. The Morgan fingerprint density at radius 2 is 1.65 bits per heavy atom. The fourth-order valence-corrected chi connectivity index (χ4v) is 5.40. The van der Waals surface area contributed by atoms with Gasteiger partial charge in [-0.3, -0.25) is 14.4 Å². The van der Waals surface area contributed by atoms with E-state index in [2.05, 4.69) is 4.98 Å². The van der Waals surface area contributed by atoms with Crippen LogP contribution in [0.25, 0.3) is 11.5 Å². The lowest BCUT2D eigenvalue weighted by molar-refractivity contribution is -0.153. The molecule has 0 amide bonds. The van der Waals surface area contributed by atoms with Gasteiger partial charge in [0, 0.05) is 25.7 Å². The second kappa shape index (κ2) is 12.8. The molecule has 1 aliphatic rings. The van der Waals surface area contributed by atoms with Crippen LogP contribution in [0.15, 0.2) is 52.9 Å². The molecule has 0 saturated heterocycles. The standard InChI is InChI=1S/C30H29ClF3NO5/c31-24-6-2-1-5-23(24)29-35-27(28(40-29)30(32,33)34)25(37)7-3-4-22(36)16-18-8-12-20(13-9-18)21-14-10-19(11-15-21)17-26(38)39/h1-2,5-6,8-9,12-13,19,21H,3-4,7,10-11,14-17H2,(H,38,39). The summed E-state index contributed by atoms with van der Waals surface area (Å²) in [4.78, 5) is 39.9. The third kappa shape index (κ3) is 7.59. The fraction of sp³-hybridized carbons (Fsp3) is 0.400. The highest BCUT2D eigenvalue weighted by molar-refractivity contribution is 6.33. The summed E-state index contributed by atoms with van der Waals surface area (Å²) < 4.78 is 45.6. The Bertz CT molecular complexity index is 1360. The van der Waals surface area contributed by atoms with E-state index in [1.807, 2.05) is 24.3 Å². The molecule has 0 aliphatic heterocycles. The summed E-state index contributed by atoms with van der Waals surface area (Å²) in [7, 11) is 0. The number of ketones is 2. The molecule has 1 N–H and O–H groups in total. The van der Waals surface area contributed by atoms with Crippen LogP contribution in [0.3, 0.4) is 0 Å². The normalized spacial score (nSPS) is 17.5. The van der Waals surface area contributed by atoms with E-state index >= 15 is 0 Å². The van der Waals surface area contributed by atoms with Gasteiger partial charge in [0.15, 0.2) is 11.5 Å². The van der Waals surface area contributed by atoms with Crippen LogP contribution in [0, 0.1) is 5.92 Å². The van der Waals surface area contributed by atoms with Crippen molar-refractivity contribution in [2.75, 3.05) is 0 Å². The first-order valence-corrected chi connectivity index (χ1v) is 13.6. The van der Waals surface area contributed by atoms with Gasteiger partial charge in [0.2, 0.25) is 11.7 Å². The summed E-state index contributed by atoms with van der Waals surface area (Å²) >= 11 is 6.05. The predicted octanol–water partition coefficient (Wildman–Crippen LogP) is 7.93. The topological polar surface area (TPSA) is 97.5 Å². The summed E-state index contributed by atoms with van der Waals surface area (Å²) in [6, 6.07) is 13.9. The first kappa shape index (κ1) is 29.5.